The highest BCUT2D eigenvalue weighted by Crippen LogP contribution is 2.51. The highest BCUT2D eigenvalue weighted by atomic mass is 16.5. The molecule has 1 aliphatic carbocycles. The van der Waals surface area contributed by atoms with Crippen LogP contribution in [0.25, 0.3) is 27.9 Å². The Morgan fingerprint density at radius 3 is 2.48 bits per heavy atom. The predicted molar refractivity (Wildman–Crippen MR) is 186 cm³/mol. The molecule has 48 heavy (non-hydrogen) atoms. The zero-order valence-electron chi connectivity index (χ0n) is 27.0. The van der Waals surface area contributed by atoms with E-state index in [2.05, 4.69) is 23.6 Å². The molecule has 1 saturated carbocycles. The maximum absolute atomic E-state index is 13.9. The van der Waals surface area contributed by atoms with Gasteiger partial charge in [-0.1, -0.05) is 37.3 Å². The number of aromatic nitrogens is 2. The highest BCUT2D eigenvalue weighted by molar-refractivity contribution is 6.15. The summed E-state index contributed by atoms with van der Waals surface area (Å²) in [6.45, 7) is 4.78. The summed E-state index contributed by atoms with van der Waals surface area (Å²) in [5.41, 5.74) is 6.18. The maximum atomic E-state index is 13.9. The van der Waals surface area contributed by atoms with Gasteiger partial charge in [-0.3, -0.25) is 9.59 Å². The monoisotopic (exact) mass is 640 g/mol. The van der Waals surface area contributed by atoms with Crippen LogP contribution in [0.1, 0.15) is 47.4 Å². The number of methoxy groups -OCH3 is 1. The minimum atomic E-state index is -0.466. The Kier molecular flexibility index (Phi) is 8.42. The van der Waals surface area contributed by atoms with Crippen molar-refractivity contribution in [3.8, 4) is 28.4 Å². The van der Waals surface area contributed by atoms with Crippen LogP contribution >= 0.6 is 0 Å². The van der Waals surface area contributed by atoms with Crippen LogP contribution in [-0.2, 0) is 4.79 Å². The second-order valence-electron chi connectivity index (χ2n) is 12.0. The average molecular weight is 641 g/mol. The van der Waals surface area contributed by atoms with Crippen LogP contribution in [0.15, 0.2) is 108 Å². The summed E-state index contributed by atoms with van der Waals surface area (Å²) < 4.78 is 19.0. The van der Waals surface area contributed by atoms with Crippen molar-refractivity contribution >= 4 is 34.2 Å². The first-order valence-electron chi connectivity index (χ1n) is 16.1. The molecule has 2 unspecified atom stereocenters. The van der Waals surface area contributed by atoms with Gasteiger partial charge in [-0.15, -0.1) is 0 Å². The Hall–Kier alpha value is -5.83. The topological polar surface area (TPSA) is 108 Å². The molecule has 0 bridgehead atoms. The van der Waals surface area contributed by atoms with Gasteiger partial charge in [0.05, 0.1) is 25.1 Å². The fraction of sp³-hybridized carbons (Fsp3) is 0.205. The molecule has 2 aromatic heterocycles. The third kappa shape index (κ3) is 6.14. The Labute approximate surface area is 278 Å². The largest absolute Gasteiger partial charge is 0.497 e. The molecule has 2 heterocycles. The summed E-state index contributed by atoms with van der Waals surface area (Å²) in [4.78, 5) is 27.3. The Balaban J connectivity index is 1.17. The van der Waals surface area contributed by atoms with E-state index >= 15 is 0 Å². The van der Waals surface area contributed by atoms with Gasteiger partial charge in [0.1, 0.15) is 22.8 Å². The van der Waals surface area contributed by atoms with Crippen molar-refractivity contribution < 1.29 is 23.5 Å². The predicted octanol–water partition coefficient (Wildman–Crippen LogP) is 8.39. The Bertz CT molecular complexity index is 2100. The van der Waals surface area contributed by atoms with Crippen LogP contribution < -0.4 is 20.1 Å². The van der Waals surface area contributed by atoms with Crippen molar-refractivity contribution in [2.75, 3.05) is 24.4 Å². The number of nitrogens with one attached hydrogen (secondary N) is 2. The van der Waals surface area contributed by atoms with Gasteiger partial charge in [0.15, 0.2) is 0 Å². The standard InChI is InChI=1S/C39H36N4O5/c1-4-20-47-33-19-14-25(21-24(33)2)35-32(23-43(42-35)27-10-6-5-7-11-27)30-22-31(30)38(44)41-36-29-12-8-9-13-34(29)48-37(36)39(45)40-26-15-17-28(46-3)18-16-26/h5-19,21,23,30-31H,4,20,22H2,1-3H3,(H,40,45)(H,41,44). The Morgan fingerprint density at radius 2 is 1.73 bits per heavy atom. The van der Waals surface area contributed by atoms with Gasteiger partial charge >= 0.3 is 0 Å². The lowest BCUT2D eigenvalue weighted by Crippen LogP contribution is -2.18. The molecule has 0 radical (unpaired) electrons. The second-order valence-corrected chi connectivity index (χ2v) is 12.0. The smallest absolute Gasteiger partial charge is 0.293 e. The number of carbonyl (C=O) groups is 2. The molecule has 1 aliphatic rings. The molecule has 242 valence electrons. The first kappa shape index (κ1) is 30.8. The summed E-state index contributed by atoms with van der Waals surface area (Å²) in [7, 11) is 1.58. The summed E-state index contributed by atoms with van der Waals surface area (Å²) in [5, 5.41) is 11.6. The summed E-state index contributed by atoms with van der Waals surface area (Å²) >= 11 is 0. The highest BCUT2D eigenvalue weighted by Gasteiger charge is 2.46. The number of amides is 2. The molecular weight excluding hydrogens is 604 g/mol. The fourth-order valence-electron chi connectivity index (χ4n) is 6.00. The quantitative estimate of drug-likeness (QED) is 0.147. The maximum Gasteiger partial charge on any atom is 0.293 e. The van der Waals surface area contributed by atoms with Crippen molar-refractivity contribution in [3.63, 3.8) is 0 Å². The first-order chi connectivity index (χ1) is 23.4. The van der Waals surface area contributed by atoms with Gasteiger partial charge in [0.25, 0.3) is 5.91 Å². The third-order valence-corrected chi connectivity index (χ3v) is 8.60. The lowest BCUT2D eigenvalue weighted by Gasteiger charge is -2.10. The van der Waals surface area contributed by atoms with E-state index in [0.717, 1.165) is 40.2 Å². The van der Waals surface area contributed by atoms with E-state index < -0.39 is 5.91 Å². The molecule has 4 aromatic carbocycles. The number of benzene rings is 4. The number of nitrogens with zero attached hydrogens (tertiary/aromatic N) is 2. The molecular formula is C39H36N4O5. The number of furan rings is 1. The van der Waals surface area contributed by atoms with E-state index in [9.17, 15) is 9.59 Å². The molecule has 2 atom stereocenters. The third-order valence-electron chi connectivity index (χ3n) is 8.60. The molecule has 2 amide bonds. The van der Waals surface area contributed by atoms with Crippen LogP contribution in [-0.4, -0.2) is 35.3 Å². The minimum absolute atomic E-state index is 0.0380. The van der Waals surface area contributed by atoms with Crippen LogP contribution in [0.5, 0.6) is 11.5 Å². The van der Waals surface area contributed by atoms with Gasteiger partial charge in [-0.05, 0) is 92.1 Å². The van der Waals surface area contributed by atoms with Crippen molar-refractivity contribution in [3.05, 3.63) is 120 Å². The van der Waals surface area contributed by atoms with E-state index in [1.807, 2.05) is 78.5 Å². The minimum Gasteiger partial charge on any atom is -0.497 e. The number of aryl methyl sites for hydroxylation is 1. The normalized spacial score (nSPS) is 15.2. The molecule has 0 spiro atoms. The van der Waals surface area contributed by atoms with Gasteiger partial charge in [0.2, 0.25) is 11.7 Å². The molecule has 0 saturated heterocycles. The van der Waals surface area contributed by atoms with Crippen molar-refractivity contribution in [2.24, 2.45) is 5.92 Å². The fourth-order valence-corrected chi connectivity index (χ4v) is 6.00. The number of anilines is 2. The zero-order valence-corrected chi connectivity index (χ0v) is 27.0. The number of ether oxygens (including phenoxy) is 2. The zero-order chi connectivity index (χ0) is 33.2. The van der Waals surface area contributed by atoms with Gasteiger partial charge in [-0.2, -0.15) is 5.10 Å². The number of hydrogen-bond acceptors (Lipinski definition) is 6. The second kappa shape index (κ2) is 13.1. The molecule has 0 aliphatic heterocycles. The van der Waals surface area contributed by atoms with Gasteiger partial charge < -0.3 is 24.5 Å². The molecule has 7 rings (SSSR count). The molecule has 9 nitrogen and oxygen atoms in total. The van der Waals surface area contributed by atoms with Crippen molar-refractivity contribution in [2.45, 2.75) is 32.6 Å². The summed E-state index contributed by atoms with van der Waals surface area (Å²) in [5.74, 6) is 0.563. The molecule has 6 aromatic rings. The van der Waals surface area contributed by atoms with Crippen LogP contribution in [0, 0.1) is 12.8 Å². The number of rotatable bonds is 11. The lowest BCUT2D eigenvalue weighted by molar-refractivity contribution is -0.117. The average Bonchev–Trinajstić information content (AvgIpc) is 3.65. The SMILES string of the molecule is CCCOc1ccc(-c2nn(-c3ccccc3)cc2C2CC2C(=O)Nc2c(C(=O)Nc3ccc(OC)cc3)oc3ccccc23)cc1C. The van der Waals surface area contributed by atoms with Crippen LogP contribution in [0.3, 0.4) is 0 Å². The van der Waals surface area contributed by atoms with E-state index in [-0.39, 0.29) is 23.5 Å². The lowest BCUT2D eigenvalue weighted by atomic mass is 10.0. The van der Waals surface area contributed by atoms with Gasteiger partial charge in [-0.25, -0.2) is 4.68 Å². The summed E-state index contributed by atoms with van der Waals surface area (Å²) in [6.07, 6.45) is 3.61. The van der Waals surface area contributed by atoms with E-state index in [1.165, 1.54) is 0 Å². The molecule has 1 fully saturated rings. The number of hydrogen-bond donors (Lipinski definition) is 2. The molecule has 2 N–H and O–H groups in total. The van der Waals surface area contributed by atoms with E-state index in [4.69, 9.17) is 19.0 Å². The first-order valence-corrected chi connectivity index (χ1v) is 16.1. The van der Waals surface area contributed by atoms with Crippen LogP contribution in [0.2, 0.25) is 0 Å². The molecule has 9 heteroatoms. The van der Waals surface area contributed by atoms with E-state index in [1.54, 1.807) is 37.4 Å². The van der Waals surface area contributed by atoms with Crippen molar-refractivity contribution in [1.29, 1.82) is 0 Å². The number of fused-ring (bicyclic) bond motifs is 1. The summed E-state index contributed by atoms with van der Waals surface area (Å²) in [6, 6.07) is 30.3. The van der Waals surface area contributed by atoms with Gasteiger partial charge in [0, 0.05) is 40.2 Å². The van der Waals surface area contributed by atoms with E-state index in [0.29, 0.717) is 41.1 Å². The number of carbonyl (C=O) groups excluding carboxylic acids is 2. The van der Waals surface area contributed by atoms with Crippen molar-refractivity contribution in [1.82, 2.24) is 9.78 Å². The number of para-hydroxylation sites is 2. The van der Waals surface area contributed by atoms with Crippen LogP contribution in [0.4, 0.5) is 11.4 Å². The Morgan fingerprint density at radius 1 is 0.958 bits per heavy atom.